The van der Waals surface area contributed by atoms with E-state index in [0.29, 0.717) is 13.0 Å². The highest BCUT2D eigenvalue weighted by Crippen LogP contribution is 2.21. The minimum absolute atomic E-state index is 0.0860. The summed E-state index contributed by atoms with van der Waals surface area (Å²) < 4.78 is 28.3. The van der Waals surface area contributed by atoms with Crippen molar-refractivity contribution >= 4 is 10.0 Å². The Morgan fingerprint density at radius 1 is 1.33 bits per heavy atom. The van der Waals surface area contributed by atoms with Crippen LogP contribution in [0.1, 0.15) is 12.8 Å². The summed E-state index contributed by atoms with van der Waals surface area (Å²) >= 11 is 0. The Morgan fingerprint density at radius 2 is 2.00 bits per heavy atom. The van der Waals surface area contributed by atoms with Gasteiger partial charge in [0.05, 0.1) is 0 Å². The van der Waals surface area contributed by atoms with Crippen molar-refractivity contribution < 1.29 is 13.5 Å². The van der Waals surface area contributed by atoms with Gasteiger partial charge in [-0.1, -0.05) is 0 Å². The first kappa shape index (κ1) is 15.9. The Bertz CT molecular complexity index is 749. The number of hydrogen-bond donors (Lipinski definition) is 1. The lowest BCUT2D eigenvalue weighted by molar-refractivity contribution is 0.165. The topological polar surface area (TPSA) is 102 Å². The van der Waals surface area contributed by atoms with Crippen LogP contribution in [0.3, 0.4) is 0 Å². The molecule has 0 aliphatic carbocycles. The molecule has 0 saturated carbocycles. The van der Waals surface area contributed by atoms with Crippen LogP contribution in [0.4, 0.5) is 0 Å². The third-order valence-corrected chi connectivity index (χ3v) is 5.62. The summed E-state index contributed by atoms with van der Waals surface area (Å²) in [5.74, 6) is -0.120. The Balaban J connectivity index is 2.50. The molecule has 1 saturated heterocycles. The molecule has 1 unspecified atom stereocenters. The summed E-state index contributed by atoms with van der Waals surface area (Å²) in [7, 11) is -1.33. The highest BCUT2D eigenvalue weighted by molar-refractivity contribution is 7.89. The lowest BCUT2D eigenvalue weighted by Crippen LogP contribution is -2.45. The maximum Gasteiger partial charge on any atom is 0.330 e. The predicted octanol–water partition coefficient (Wildman–Crippen LogP) is -1.52. The largest absolute Gasteiger partial charge is 0.396 e. The van der Waals surface area contributed by atoms with E-state index in [0.717, 1.165) is 21.8 Å². The van der Waals surface area contributed by atoms with Crippen LogP contribution in [0, 0.1) is 5.92 Å². The summed E-state index contributed by atoms with van der Waals surface area (Å²) in [5, 5.41) is 9.19. The highest BCUT2D eigenvalue weighted by atomic mass is 32.2. The van der Waals surface area contributed by atoms with Crippen molar-refractivity contribution in [2.75, 3.05) is 19.7 Å². The molecule has 2 rings (SSSR count). The number of piperidine rings is 1. The summed E-state index contributed by atoms with van der Waals surface area (Å²) in [6, 6.07) is 0. The van der Waals surface area contributed by atoms with Gasteiger partial charge >= 0.3 is 5.69 Å². The van der Waals surface area contributed by atoms with Gasteiger partial charge in [0.2, 0.25) is 10.0 Å². The van der Waals surface area contributed by atoms with Gasteiger partial charge in [0.15, 0.2) is 4.90 Å². The van der Waals surface area contributed by atoms with Gasteiger partial charge in [0, 0.05) is 40.0 Å². The highest BCUT2D eigenvalue weighted by Gasteiger charge is 2.32. The van der Waals surface area contributed by atoms with Gasteiger partial charge in [0.25, 0.3) is 5.56 Å². The van der Waals surface area contributed by atoms with Gasteiger partial charge in [-0.05, 0) is 18.8 Å². The van der Waals surface area contributed by atoms with E-state index in [1.807, 2.05) is 0 Å². The lowest BCUT2D eigenvalue weighted by atomic mass is 10.0. The maximum absolute atomic E-state index is 12.6. The molecule has 1 aromatic heterocycles. The van der Waals surface area contributed by atoms with E-state index < -0.39 is 26.2 Å². The molecule has 1 N–H and O–H groups in total. The SMILES string of the molecule is Cn1cc(S(=O)(=O)N2CCCC(CO)C2)c(=O)n(C)c1=O. The van der Waals surface area contributed by atoms with Gasteiger partial charge in [-0.25, -0.2) is 13.2 Å². The number of hydrogen-bond acceptors (Lipinski definition) is 5. The lowest BCUT2D eigenvalue weighted by Gasteiger charge is -2.30. The number of aryl methyl sites for hydroxylation is 1. The molecule has 1 aliphatic rings. The quantitative estimate of drug-likeness (QED) is 0.729. The van der Waals surface area contributed by atoms with E-state index in [2.05, 4.69) is 0 Å². The first-order chi connectivity index (χ1) is 9.78. The zero-order valence-electron chi connectivity index (χ0n) is 12.0. The smallest absolute Gasteiger partial charge is 0.330 e. The standard InChI is InChI=1S/C12H19N3O5S/c1-13-7-10(11(17)14(2)12(13)18)21(19,20)15-5-3-4-9(6-15)8-16/h7,9,16H,3-6,8H2,1-2H3. The van der Waals surface area contributed by atoms with E-state index in [1.165, 1.54) is 18.4 Å². The first-order valence-electron chi connectivity index (χ1n) is 6.66. The second-order valence-corrected chi connectivity index (χ2v) is 7.21. The number of aliphatic hydroxyl groups is 1. The van der Waals surface area contributed by atoms with Gasteiger partial charge in [-0.2, -0.15) is 4.31 Å². The Morgan fingerprint density at radius 3 is 2.62 bits per heavy atom. The number of nitrogens with zero attached hydrogens (tertiary/aromatic N) is 3. The minimum atomic E-state index is -3.97. The van der Waals surface area contributed by atoms with Crippen LogP contribution >= 0.6 is 0 Å². The van der Waals surface area contributed by atoms with Crippen molar-refractivity contribution in [3.8, 4) is 0 Å². The van der Waals surface area contributed by atoms with Crippen LogP contribution < -0.4 is 11.2 Å². The molecule has 1 fully saturated rings. The molecule has 21 heavy (non-hydrogen) atoms. The van der Waals surface area contributed by atoms with E-state index in [-0.39, 0.29) is 19.1 Å². The molecular formula is C12H19N3O5S. The monoisotopic (exact) mass is 317 g/mol. The van der Waals surface area contributed by atoms with Crippen molar-refractivity contribution in [1.82, 2.24) is 13.4 Å². The Labute approximate surface area is 122 Å². The van der Waals surface area contributed by atoms with Gasteiger partial charge in [-0.3, -0.25) is 9.36 Å². The van der Waals surface area contributed by atoms with Crippen LogP contribution in [0.2, 0.25) is 0 Å². The molecule has 8 nitrogen and oxygen atoms in total. The molecular weight excluding hydrogens is 298 g/mol. The van der Waals surface area contributed by atoms with Crippen LogP contribution in [0.15, 0.2) is 20.7 Å². The number of sulfonamides is 1. The molecule has 1 aliphatic heterocycles. The molecule has 0 radical (unpaired) electrons. The van der Waals surface area contributed by atoms with Crippen molar-refractivity contribution in [2.24, 2.45) is 20.0 Å². The molecule has 1 aromatic rings. The molecule has 0 spiro atoms. The molecule has 9 heteroatoms. The molecule has 0 amide bonds. The molecule has 0 aromatic carbocycles. The first-order valence-corrected chi connectivity index (χ1v) is 8.10. The van der Waals surface area contributed by atoms with E-state index in [1.54, 1.807) is 0 Å². The fourth-order valence-electron chi connectivity index (χ4n) is 2.49. The number of aliphatic hydroxyl groups excluding tert-OH is 1. The molecule has 2 heterocycles. The average molecular weight is 317 g/mol. The van der Waals surface area contributed by atoms with Gasteiger partial charge in [0.1, 0.15) is 0 Å². The van der Waals surface area contributed by atoms with Crippen LogP contribution in [0.5, 0.6) is 0 Å². The van der Waals surface area contributed by atoms with E-state index >= 15 is 0 Å². The molecule has 118 valence electrons. The predicted molar refractivity (Wildman–Crippen MR) is 75.5 cm³/mol. The van der Waals surface area contributed by atoms with Crippen LogP contribution in [-0.4, -0.2) is 46.7 Å². The van der Waals surface area contributed by atoms with Crippen molar-refractivity contribution in [2.45, 2.75) is 17.7 Å². The average Bonchev–Trinajstić information content (AvgIpc) is 2.48. The Hall–Kier alpha value is -1.45. The van der Waals surface area contributed by atoms with Crippen LogP contribution in [0.25, 0.3) is 0 Å². The van der Waals surface area contributed by atoms with Gasteiger partial charge < -0.3 is 9.67 Å². The van der Waals surface area contributed by atoms with E-state index in [4.69, 9.17) is 0 Å². The zero-order chi connectivity index (χ0) is 15.8. The van der Waals surface area contributed by atoms with Crippen molar-refractivity contribution in [3.05, 3.63) is 27.0 Å². The zero-order valence-corrected chi connectivity index (χ0v) is 12.8. The van der Waals surface area contributed by atoms with E-state index in [9.17, 15) is 23.1 Å². The summed E-state index contributed by atoms with van der Waals surface area (Å²) in [4.78, 5) is 23.3. The second kappa shape index (κ2) is 5.74. The van der Waals surface area contributed by atoms with Crippen LogP contribution in [-0.2, 0) is 24.1 Å². The third-order valence-electron chi connectivity index (χ3n) is 3.77. The van der Waals surface area contributed by atoms with Gasteiger partial charge in [-0.15, -0.1) is 0 Å². The fraction of sp³-hybridized carbons (Fsp3) is 0.667. The maximum atomic E-state index is 12.6. The molecule has 1 atom stereocenters. The van der Waals surface area contributed by atoms with Crippen molar-refractivity contribution in [1.29, 1.82) is 0 Å². The summed E-state index contributed by atoms with van der Waals surface area (Å²) in [6.07, 6.45) is 2.45. The molecule has 0 bridgehead atoms. The Kier molecular flexibility index (Phi) is 4.35. The second-order valence-electron chi connectivity index (χ2n) is 5.30. The summed E-state index contributed by atoms with van der Waals surface area (Å²) in [5.41, 5.74) is -1.41. The fourth-order valence-corrected chi connectivity index (χ4v) is 4.19. The number of aromatic nitrogens is 2. The third kappa shape index (κ3) is 2.81. The van der Waals surface area contributed by atoms with Crippen molar-refractivity contribution in [3.63, 3.8) is 0 Å². The minimum Gasteiger partial charge on any atom is -0.396 e. The number of rotatable bonds is 3. The summed E-state index contributed by atoms with van der Waals surface area (Å²) in [6.45, 7) is 0.410. The normalized spacial score (nSPS) is 20.6.